The topological polar surface area (TPSA) is 28.2 Å². The van der Waals surface area contributed by atoms with Crippen LogP contribution in [0, 0.1) is 11.8 Å². The molecule has 1 unspecified atom stereocenters. The molecule has 1 atom stereocenters. The van der Waals surface area contributed by atoms with Gasteiger partial charge in [0.15, 0.2) is 0 Å². The minimum atomic E-state index is 0.696. The highest BCUT2D eigenvalue weighted by molar-refractivity contribution is 5.39. The van der Waals surface area contributed by atoms with Crippen LogP contribution in [0.5, 0.6) is 0 Å². The van der Waals surface area contributed by atoms with Crippen molar-refractivity contribution in [2.45, 2.75) is 46.6 Å². The molecule has 0 bridgehead atoms. The van der Waals surface area contributed by atoms with Crippen LogP contribution in [-0.4, -0.2) is 24.6 Å². The zero-order valence-electron chi connectivity index (χ0n) is 13.2. The molecule has 0 amide bonds. The van der Waals surface area contributed by atoms with E-state index in [4.69, 9.17) is 0 Å². The van der Waals surface area contributed by atoms with Gasteiger partial charge >= 0.3 is 0 Å². The molecule has 0 aromatic carbocycles. The number of hydrogen-bond acceptors (Lipinski definition) is 3. The molecule has 1 aromatic rings. The van der Waals surface area contributed by atoms with Crippen molar-refractivity contribution in [3.8, 4) is 0 Å². The number of anilines is 1. The fourth-order valence-corrected chi connectivity index (χ4v) is 2.71. The third kappa shape index (κ3) is 4.78. The fourth-order valence-electron chi connectivity index (χ4n) is 2.71. The van der Waals surface area contributed by atoms with Gasteiger partial charge in [-0.05, 0) is 49.3 Å². The van der Waals surface area contributed by atoms with Crippen molar-refractivity contribution in [1.29, 1.82) is 0 Å². The summed E-state index contributed by atoms with van der Waals surface area (Å²) in [6, 6.07) is 4.40. The van der Waals surface area contributed by atoms with E-state index in [0.717, 1.165) is 37.9 Å². The predicted molar refractivity (Wildman–Crippen MR) is 86.0 cm³/mol. The van der Waals surface area contributed by atoms with Gasteiger partial charge in [0.2, 0.25) is 0 Å². The number of nitrogens with one attached hydrogen (secondary N) is 1. The zero-order valence-corrected chi connectivity index (χ0v) is 13.2. The highest BCUT2D eigenvalue weighted by atomic mass is 15.2. The molecule has 3 nitrogen and oxygen atoms in total. The largest absolute Gasteiger partial charge is 0.357 e. The summed E-state index contributed by atoms with van der Waals surface area (Å²) >= 11 is 0. The SMILES string of the molecule is CC(C)CNCc1ccc(N2CCCC(C)CC2)nc1. The zero-order chi connectivity index (χ0) is 14.4. The molecule has 1 fully saturated rings. The van der Waals surface area contributed by atoms with Gasteiger partial charge in [-0.3, -0.25) is 0 Å². The van der Waals surface area contributed by atoms with E-state index in [2.05, 4.69) is 48.1 Å². The second-order valence-electron chi connectivity index (χ2n) is 6.57. The first kappa shape index (κ1) is 15.3. The lowest BCUT2D eigenvalue weighted by molar-refractivity contribution is 0.521. The van der Waals surface area contributed by atoms with E-state index in [1.165, 1.54) is 24.8 Å². The Morgan fingerprint density at radius 1 is 1.30 bits per heavy atom. The third-order valence-corrected chi connectivity index (χ3v) is 4.03. The van der Waals surface area contributed by atoms with Gasteiger partial charge in [0.05, 0.1) is 0 Å². The van der Waals surface area contributed by atoms with E-state index < -0.39 is 0 Å². The maximum Gasteiger partial charge on any atom is 0.128 e. The monoisotopic (exact) mass is 275 g/mol. The van der Waals surface area contributed by atoms with Gasteiger partial charge in [-0.15, -0.1) is 0 Å². The minimum absolute atomic E-state index is 0.696. The van der Waals surface area contributed by atoms with Crippen molar-refractivity contribution in [3.05, 3.63) is 23.9 Å². The van der Waals surface area contributed by atoms with Crippen LogP contribution in [0.1, 0.15) is 45.6 Å². The fraction of sp³-hybridized carbons (Fsp3) is 0.706. The van der Waals surface area contributed by atoms with E-state index in [-0.39, 0.29) is 0 Å². The molecule has 112 valence electrons. The molecule has 1 aliphatic rings. The van der Waals surface area contributed by atoms with Crippen LogP contribution in [0.4, 0.5) is 5.82 Å². The third-order valence-electron chi connectivity index (χ3n) is 4.03. The van der Waals surface area contributed by atoms with Crippen LogP contribution in [-0.2, 0) is 6.54 Å². The number of pyridine rings is 1. The van der Waals surface area contributed by atoms with Gasteiger partial charge in [0.1, 0.15) is 5.82 Å². The molecule has 1 aliphatic heterocycles. The van der Waals surface area contributed by atoms with Crippen molar-refractivity contribution in [1.82, 2.24) is 10.3 Å². The predicted octanol–water partition coefficient (Wildman–Crippen LogP) is 3.45. The summed E-state index contributed by atoms with van der Waals surface area (Å²) < 4.78 is 0. The van der Waals surface area contributed by atoms with Crippen LogP contribution in [0.25, 0.3) is 0 Å². The Morgan fingerprint density at radius 3 is 2.85 bits per heavy atom. The molecule has 3 heteroatoms. The van der Waals surface area contributed by atoms with Crippen LogP contribution in [0.15, 0.2) is 18.3 Å². The Bertz CT molecular complexity index is 386. The minimum Gasteiger partial charge on any atom is -0.357 e. The maximum atomic E-state index is 4.65. The summed E-state index contributed by atoms with van der Waals surface area (Å²) in [6.45, 7) is 11.1. The van der Waals surface area contributed by atoms with Crippen LogP contribution in [0.2, 0.25) is 0 Å². The Balaban J connectivity index is 1.87. The van der Waals surface area contributed by atoms with E-state index in [1.54, 1.807) is 0 Å². The highest BCUT2D eigenvalue weighted by Crippen LogP contribution is 2.20. The number of aromatic nitrogens is 1. The van der Waals surface area contributed by atoms with Gasteiger partial charge in [-0.1, -0.05) is 26.8 Å². The lowest BCUT2D eigenvalue weighted by atomic mass is 10.0. The molecule has 1 aromatic heterocycles. The molecular formula is C17H29N3. The summed E-state index contributed by atoms with van der Waals surface area (Å²) in [7, 11) is 0. The standard InChI is InChI=1S/C17H29N3/c1-14(2)11-18-12-16-6-7-17(19-13-16)20-9-4-5-15(3)8-10-20/h6-7,13-15,18H,4-5,8-12H2,1-3H3. The Morgan fingerprint density at radius 2 is 2.15 bits per heavy atom. The summed E-state index contributed by atoms with van der Waals surface area (Å²) in [6.07, 6.45) is 5.96. The summed E-state index contributed by atoms with van der Waals surface area (Å²) in [5.41, 5.74) is 1.28. The first-order valence-electron chi connectivity index (χ1n) is 8.05. The van der Waals surface area contributed by atoms with Crippen molar-refractivity contribution in [2.24, 2.45) is 11.8 Å². The van der Waals surface area contributed by atoms with Crippen LogP contribution < -0.4 is 10.2 Å². The maximum absolute atomic E-state index is 4.65. The van der Waals surface area contributed by atoms with Crippen molar-refractivity contribution in [3.63, 3.8) is 0 Å². The van der Waals surface area contributed by atoms with Gasteiger partial charge in [-0.2, -0.15) is 0 Å². The molecule has 0 spiro atoms. The van der Waals surface area contributed by atoms with E-state index in [9.17, 15) is 0 Å². The first-order valence-corrected chi connectivity index (χ1v) is 8.05. The smallest absolute Gasteiger partial charge is 0.128 e. The molecule has 0 aliphatic carbocycles. The lowest BCUT2D eigenvalue weighted by Crippen LogP contribution is -2.25. The second kappa shape index (κ2) is 7.63. The van der Waals surface area contributed by atoms with Gasteiger partial charge < -0.3 is 10.2 Å². The Kier molecular flexibility index (Phi) is 5.84. The van der Waals surface area contributed by atoms with Crippen molar-refractivity contribution < 1.29 is 0 Å². The number of nitrogens with zero attached hydrogens (tertiary/aromatic N) is 2. The average molecular weight is 275 g/mol. The molecule has 2 heterocycles. The molecule has 1 saturated heterocycles. The molecule has 2 rings (SSSR count). The molecule has 1 N–H and O–H groups in total. The quantitative estimate of drug-likeness (QED) is 0.892. The van der Waals surface area contributed by atoms with E-state index >= 15 is 0 Å². The lowest BCUT2D eigenvalue weighted by Gasteiger charge is -2.21. The summed E-state index contributed by atoms with van der Waals surface area (Å²) in [5.74, 6) is 2.70. The number of rotatable bonds is 5. The van der Waals surface area contributed by atoms with Gasteiger partial charge in [0.25, 0.3) is 0 Å². The Hall–Kier alpha value is -1.09. The van der Waals surface area contributed by atoms with Crippen LogP contribution in [0.3, 0.4) is 0 Å². The average Bonchev–Trinajstić information content (AvgIpc) is 2.64. The molecule has 0 radical (unpaired) electrons. The second-order valence-corrected chi connectivity index (χ2v) is 6.57. The highest BCUT2D eigenvalue weighted by Gasteiger charge is 2.14. The van der Waals surface area contributed by atoms with Gasteiger partial charge in [0, 0.05) is 25.8 Å². The first-order chi connectivity index (χ1) is 9.65. The van der Waals surface area contributed by atoms with Crippen molar-refractivity contribution in [2.75, 3.05) is 24.5 Å². The van der Waals surface area contributed by atoms with Crippen LogP contribution >= 0.6 is 0 Å². The van der Waals surface area contributed by atoms with E-state index in [1.807, 2.05) is 6.20 Å². The number of hydrogen-bond donors (Lipinski definition) is 1. The van der Waals surface area contributed by atoms with E-state index in [0.29, 0.717) is 5.92 Å². The Labute approximate surface area is 123 Å². The van der Waals surface area contributed by atoms with Crippen molar-refractivity contribution >= 4 is 5.82 Å². The molecule has 0 saturated carbocycles. The normalized spacial score (nSPS) is 20.2. The summed E-state index contributed by atoms with van der Waals surface area (Å²) in [4.78, 5) is 7.09. The molecular weight excluding hydrogens is 246 g/mol. The van der Waals surface area contributed by atoms with Gasteiger partial charge in [-0.25, -0.2) is 4.98 Å². The molecule has 20 heavy (non-hydrogen) atoms. The summed E-state index contributed by atoms with van der Waals surface area (Å²) in [5, 5.41) is 3.46.